The SMILES string of the molecule is CCC(CCCl)CNC(=O)c1ccc(F)cn1. The average molecular weight is 259 g/mol. The number of amides is 1. The zero-order chi connectivity index (χ0) is 12.7. The molecule has 5 heteroatoms. The minimum atomic E-state index is -0.449. The summed E-state index contributed by atoms with van der Waals surface area (Å²) in [6.45, 7) is 2.63. The van der Waals surface area contributed by atoms with E-state index in [0.717, 1.165) is 19.0 Å². The lowest BCUT2D eigenvalue weighted by Crippen LogP contribution is -2.29. The molecule has 1 aromatic heterocycles. The molecule has 0 aliphatic heterocycles. The Morgan fingerprint density at radius 1 is 1.59 bits per heavy atom. The van der Waals surface area contributed by atoms with Gasteiger partial charge in [0.2, 0.25) is 0 Å². The van der Waals surface area contributed by atoms with Gasteiger partial charge in [-0.25, -0.2) is 9.37 Å². The largest absolute Gasteiger partial charge is 0.350 e. The zero-order valence-corrected chi connectivity index (χ0v) is 10.5. The minimum Gasteiger partial charge on any atom is -0.350 e. The summed E-state index contributed by atoms with van der Waals surface area (Å²) in [5, 5.41) is 2.77. The lowest BCUT2D eigenvalue weighted by Gasteiger charge is -2.13. The first-order valence-electron chi connectivity index (χ1n) is 5.63. The molecule has 0 saturated heterocycles. The number of nitrogens with zero attached hydrogens (tertiary/aromatic N) is 1. The zero-order valence-electron chi connectivity index (χ0n) is 9.75. The molecule has 1 amide bonds. The molecule has 0 bridgehead atoms. The number of rotatable bonds is 6. The maximum atomic E-state index is 12.6. The number of hydrogen-bond donors (Lipinski definition) is 1. The molecule has 1 heterocycles. The molecular formula is C12H16ClFN2O. The van der Waals surface area contributed by atoms with Crippen molar-refractivity contribution in [3.05, 3.63) is 29.8 Å². The van der Waals surface area contributed by atoms with Crippen LogP contribution in [-0.2, 0) is 0 Å². The summed E-state index contributed by atoms with van der Waals surface area (Å²) in [7, 11) is 0. The Bertz CT molecular complexity index is 356. The van der Waals surface area contributed by atoms with E-state index in [2.05, 4.69) is 17.2 Å². The molecule has 0 fully saturated rings. The fourth-order valence-corrected chi connectivity index (χ4v) is 1.75. The Labute approximate surface area is 105 Å². The highest BCUT2D eigenvalue weighted by molar-refractivity contribution is 6.17. The standard InChI is InChI=1S/C12H16ClFN2O/c1-2-9(5-6-13)7-16-12(17)11-4-3-10(14)8-15-11/h3-4,8-9H,2,5-7H2,1H3,(H,16,17). The van der Waals surface area contributed by atoms with Gasteiger partial charge in [0.05, 0.1) is 6.20 Å². The van der Waals surface area contributed by atoms with Gasteiger partial charge in [-0.05, 0) is 24.5 Å². The molecule has 0 aliphatic rings. The van der Waals surface area contributed by atoms with Crippen molar-refractivity contribution in [2.75, 3.05) is 12.4 Å². The van der Waals surface area contributed by atoms with Crippen molar-refractivity contribution >= 4 is 17.5 Å². The van der Waals surface area contributed by atoms with Gasteiger partial charge < -0.3 is 5.32 Å². The first-order chi connectivity index (χ1) is 8.17. The molecule has 0 aromatic carbocycles. The molecule has 17 heavy (non-hydrogen) atoms. The Morgan fingerprint density at radius 3 is 2.88 bits per heavy atom. The first kappa shape index (κ1) is 13.9. The van der Waals surface area contributed by atoms with Gasteiger partial charge in [-0.15, -0.1) is 11.6 Å². The van der Waals surface area contributed by atoms with E-state index in [9.17, 15) is 9.18 Å². The lowest BCUT2D eigenvalue weighted by molar-refractivity contribution is 0.0941. The number of carbonyl (C=O) groups is 1. The topological polar surface area (TPSA) is 42.0 Å². The van der Waals surface area contributed by atoms with Gasteiger partial charge in [0, 0.05) is 12.4 Å². The third-order valence-electron chi connectivity index (χ3n) is 2.61. The molecule has 0 saturated carbocycles. The van der Waals surface area contributed by atoms with Gasteiger partial charge in [0.25, 0.3) is 5.91 Å². The van der Waals surface area contributed by atoms with Crippen LogP contribution in [0.15, 0.2) is 18.3 Å². The van der Waals surface area contributed by atoms with Gasteiger partial charge in [-0.2, -0.15) is 0 Å². The smallest absolute Gasteiger partial charge is 0.269 e. The summed E-state index contributed by atoms with van der Waals surface area (Å²) in [4.78, 5) is 15.4. The Kier molecular flexibility index (Phi) is 5.91. The van der Waals surface area contributed by atoms with Gasteiger partial charge >= 0.3 is 0 Å². The van der Waals surface area contributed by atoms with Crippen molar-refractivity contribution in [3.63, 3.8) is 0 Å². The van der Waals surface area contributed by atoms with Crippen molar-refractivity contribution in [2.45, 2.75) is 19.8 Å². The summed E-state index contributed by atoms with van der Waals surface area (Å²) in [5.41, 5.74) is 0.229. The Balaban J connectivity index is 2.46. The minimum absolute atomic E-state index is 0.229. The number of aromatic nitrogens is 1. The summed E-state index contributed by atoms with van der Waals surface area (Å²) in [5.74, 6) is 0.230. The van der Waals surface area contributed by atoms with E-state index < -0.39 is 5.82 Å². The van der Waals surface area contributed by atoms with E-state index in [1.807, 2.05) is 0 Å². The Hall–Kier alpha value is -1.16. The normalized spacial score (nSPS) is 12.2. The predicted octanol–water partition coefficient (Wildman–Crippen LogP) is 2.61. The average Bonchev–Trinajstić information content (AvgIpc) is 2.35. The van der Waals surface area contributed by atoms with E-state index in [1.165, 1.54) is 12.1 Å². The van der Waals surface area contributed by atoms with Gasteiger partial charge in [-0.3, -0.25) is 4.79 Å². The van der Waals surface area contributed by atoms with E-state index in [1.54, 1.807) is 0 Å². The molecule has 1 atom stereocenters. The predicted molar refractivity (Wildman–Crippen MR) is 65.6 cm³/mol. The molecular weight excluding hydrogens is 243 g/mol. The van der Waals surface area contributed by atoms with Crippen LogP contribution in [0.25, 0.3) is 0 Å². The number of hydrogen-bond acceptors (Lipinski definition) is 2. The van der Waals surface area contributed by atoms with Crippen LogP contribution >= 0.6 is 11.6 Å². The summed E-state index contributed by atoms with van der Waals surface area (Å²) in [6, 6.07) is 2.59. The third-order valence-corrected chi connectivity index (χ3v) is 2.82. The fourth-order valence-electron chi connectivity index (χ4n) is 1.44. The Morgan fingerprint density at radius 2 is 2.35 bits per heavy atom. The van der Waals surface area contributed by atoms with Gasteiger partial charge in [0.15, 0.2) is 0 Å². The molecule has 94 valence electrons. The van der Waals surface area contributed by atoms with E-state index in [0.29, 0.717) is 18.3 Å². The van der Waals surface area contributed by atoms with Crippen molar-refractivity contribution in [1.29, 1.82) is 0 Å². The summed E-state index contributed by atoms with van der Waals surface area (Å²) < 4.78 is 12.6. The van der Waals surface area contributed by atoms with Crippen LogP contribution in [-0.4, -0.2) is 23.3 Å². The second kappa shape index (κ2) is 7.22. The van der Waals surface area contributed by atoms with Crippen molar-refractivity contribution in [3.8, 4) is 0 Å². The number of alkyl halides is 1. The highest BCUT2D eigenvalue weighted by atomic mass is 35.5. The maximum absolute atomic E-state index is 12.6. The number of pyridine rings is 1. The summed E-state index contributed by atoms with van der Waals surface area (Å²) in [6.07, 6.45) is 2.87. The van der Waals surface area contributed by atoms with Crippen LogP contribution in [0.5, 0.6) is 0 Å². The second-order valence-electron chi connectivity index (χ2n) is 3.82. The quantitative estimate of drug-likeness (QED) is 0.797. The van der Waals surface area contributed by atoms with Crippen molar-refractivity contribution in [2.24, 2.45) is 5.92 Å². The van der Waals surface area contributed by atoms with Crippen molar-refractivity contribution in [1.82, 2.24) is 10.3 Å². The number of carbonyl (C=O) groups excluding carboxylic acids is 1. The number of halogens is 2. The molecule has 1 rings (SSSR count). The van der Waals surface area contributed by atoms with Gasteiger partial charge in [-0.1, -0.05) is 13.3 Å². The van der Waals surface area contributed by atoms with Crippen LogP contribution in [0.1, 0.15) is 30.3 Å². The fraction of sp³-hybridized carbons (Fsp3) is 0.500. The van der Waals surface area contributed by atoms with Crippen LogP contribution in [0.2, 0.25) is 0 Å². The molecule has 0 radical (unpaired) electrons. The van der Waals surface area contributed by atoms with E-state index >= 15 is 0 Å². The van der Waals surface area contributed by atoms with E-state index in [4.69, 9.17) is 11.6 Å². The maximum Gasteiger partial charge on any atom is 0.269 e. The first-order valence-corrected chi connectivity index (χ1v) is 6.16. The third kappa shape index (κ3) is 4.69. The van der Waals surface area contributed by atoms with Crippen LogP contribution in [0.3, 0.4) is 0 Å². The van der Waals surface area contributed by atoms with Crippen molar-refractivity contribution < 1.29 is 9.18 Å². The van der Waals surface area contributed by atoms with Gasteiger partial charge in [0.1, 0.15) is 11.5 Å². The highest BCUT2D eigenvalue weighted by Gasteiger charge is 2.10. The molecule has 0 aliphatic carbocycles. The summed E-state index contributed by atoms with van der Waals surface area (Å²) >= 11 is 5.66. The van der Waals surface area contributed by atoms with Crippen LogP contribution < -0.4 is 5.32 Å². The van der Waals surface area contributed by atoms with Crippen LogP contribution in [0, 0.1) is 11.7 Å². The second-order valence-corrected chi connectivity index (χ2v) is 4.20. The molecule has 1 N–H and O–H groups in total. The molecule has 1 unspecified atom stereocenters. The number of nitrogens with one attached hydrogen (secondary N) is 1. The molecule has 0 spiro atoms. The monoisotopic (exact) mass is 258 g/mol. The lowest BCUT2D eigenvalue weighted by atomic mass is 10.0. The highest BCUT2D eigenvalue weighted by Crippen LogP contribution is 2.08. The molecule has 3 nitrogen and oxygen atoms in total. The molecule has 1 aromatic rings. The van der Waals surface area contributed by atoms with Crippen LogP contribution in [0.4, 0.5) is 4.39 Å². The van der Waals surface area contributed by atoms with E-state index in [-0.39, 0.29) is 11.6 Å².